The first-order chi connectivity index (χ1) is 12.0. The van der Waals surface area contributed by atoms with Crippen molar-refractivity contribution >= 4 is 11.8 Å². The van der Waals surface area contributed by atoms with E-state index >= 15 is 0 Å². The van der Waals surface area contributed by atoms with Gasteiger partial charge in [0.15, 0.2) is 0 Å². The van der Waals surface area contributed by atoms with Crippen LogP contribution in [0.5, 0.6) is 0 Å². The van der Waals surface area contributed by atoms with E-state index < -0.39 is 5.91 Å². The SMILES string of the molecule is CC(NC(=O)c1ccc(C(N)=O)cc1)c1cccc(-n2cccn2)c1. The Balaban J connectivity index is 1.73. The maximum absolute atomic E-state index is 12.4. The summed E-state index contributed by atoms with van der Waals surface area (Å²) in [5, 5.41) is 7.16. The molecule has 0 fully saturated rings. The summed E-state index contributed by atoms with van der Waals surface area (Å²) in [5.41, 5.74) is 7.94. The normalized spacial score (nSPS) is 11.7. The average Bonchev–Trinajstić information content (AvgIpc) is 3.16. The lowest BCUT2D eigenvalue weighted by Crippen LogP contribution is -2.26. The van der Waals surface area contributed by atoms with Crippen LogP contribution >= 0.6 is 0 Å². The van der Waals surface area contributed by atoms with E-state index in [1.54, 1.807) is 35.1 Å². The van der Waals surface area contributed by atoms with Gasteiger partial charge in [-0.05, 0) is 55.0 Å². The molecular weight excluding hydrogens is 316 g/mol. The summed E-state index contributed by atoms with van der Waals surface area (Å²) >= 11 is 0. The second kappa shape index (κ2) is 7.00. The van der Waals surface area contributed by atoms with Gasteiger partial charge in [-0.1, -0.05) is 12.1 Å². The van der Waals surface area contributed by atoms with Crippen LogP contribution in [0.1, 0.15) is 39.2 Å². The van der Waals surface area contributed by atoms with Crippen molar-refractivity contribution < 1.29 is 9.59 Å². The number of rotatable bonds is 5. The van der Waals surface area contributed by atoms with Crippen LogP contribution in [0.2, 0.25) is 0 Å². The van der Waals surface area contributed by atoms with E-state index in [1.807, 2.05) is 43.5 Å². The second-order valence-electron chi connectivity index (χ2n) is 5.68. The zero-order valence-corrected chi connectivity index (χ0v) is 13.7. The first kappa shape index (κ1) is 16.4. The van der Waals surface area contributed by atoms with Crippen LogP contribution in [0.25, 0.3) is 5.69 Å². The fraction of sp³-hybridized carbons (Fsp3) is 0.105. The molecule has 6 heteroatoms. The number of nitrogens with two attached hydrogens (primary N) is 1. The molecule has 6 nitrogen and oxygen atoms in total. The highest BCUT2D eigenvalue weighted by Crippen LogP contribution is 2.17. The molecule has 3 N–H and O–H groups in total. The Morgan fingerprint density at radius 2 is 1.80 bits per heavy atom. The van der Waals surface area contributed by atoms with E-state index in [0.29, 0.717) is 11.1 Å². The summed E-state index contributed by atoms with van der Waals surface area (Å²) in [5.74, 6) is -0.733. The van der Waals surface area contributed by atoms with E-state index in [1.165, 1.54) is 0 Å². The molecule has 2 amide bonds. The Kier molecular flexibility index (Phi) is 4.61. The Morgan fingerprint density at radius 1 is 1.08 bits per heavy atom. The smallest absolute Gasteiger partial charge is 0.251 e. The second-order valence-corrected chi connectivity index (χ2v) is 5.68. The fourth-order valence-corrected chi connectivity index (χ4v) is 2.51. The molecule has 0 radical (unpaired) electrons. The predicted octanol–water partition coefficient (Wildman–Crippen LogP) is 2.46. The quantitative estimate of drug-likeness (QED) is 0.751. The zero-order chi connectivity index (χ0) is 17.8. The number of nitrogens with zero attached hydrogens (tertiary/aromatic N) is 2. The van der Waals surface area contributed by atoms with Gasteiger partial charge in [0.2, 0.25) is 5.91 Å². The van der Waals surface area contributed by atoms with E-state index in [0.717, 1.165) is 11.3 Å². The minimum Gasteiger partial charge on any atom is -0.366 e. The number of carbonyl (C=O) groups is 2. The van der Waals surface area contributed by atoms with Crippen molar-refractivity contribution in [2.45, 2.75) is 13.0 Å². The summed E-state index contributed by atoms with van der Waals surface area (Å²) in [4.78, 5) is 23.5. The molecule has 3 aromatic rings. The summed E-state index contributed by atoms with van der Waals surface area (Å²) in [7, 11) is 0. The van der Waals surface area contributed by atoms with E-state index in [-0.39, 0.29) is 11.9 Å². The largest absolute Gasteiger partial charge is 0.366 e. The lowest BCUT2D eigenvalue weighted by Gasteiger charge is -2.15. The van der Waals surface area contributed by atoms with Gasteiger partial charge in [-0.15, -0.1) is 0 Å². The standard InChI is InChI=1S/C19H18N4O2/c1-13(16-4-2-5-17(12-16)23-11-3-10-21-23)22-19(25)15-8-6-14(7-9-15)18(20)24/h2-13H,1H3,(H2,20,24)(H,22,25). The van der Waals surface area contributed by atoms with Crippen LogP contribution in [0, 0.1) is 0 Å². The lowest BCUT2D eigenvalue weighted by molar-refractivity contribution is 0.0937. The number of primary amides is 1. The number of carbonyl (C=O) groups excluding carboxylic acids is 2. The van der Waals surface area contributed by atoms with Crippen LogP contribution in [-0.4, -0.2) is 21.6 Å². The highest BCUT2D eigenvalue weighted by Gasteiger charge is 2.13. The minimum absolute atomic E-state index is 0.182. The Bertz CT molecular complexity index is 886. The van der Waals surface area contributed by atoms with Crippen molar-refractivity contribution in [2.75, 3.05) is 0 Å². The van der Waals surface area contributed by atoms with Crippen LogP contribution < -0.4 is 11.1 Å². The van der Waals surface area contributed by atoms with Crippen molar-refractivity contribution in [1.82, 2.24) is 15.1 Å². The Morgan fingerprint density at radius 3 is 2.44 bits per heavy atom. The van der Waals surface area contributed by atoms with Gasteiger partial charge in [0.25, 0.3) is 5.91 Å². The monoisotopic (exact) mass is 334 g/mol. The molecule has 0 saturated carbocycles. The molecule has 126 valence electrons. The molecule has 0 aliphatic rings. The van der Waals surface area contributed by atoms with Gasteiger partial charge in [-0.25, -0.2) is 4.68 Å². The topological polar surface area (TPSA) is 90.0 Å². The van der Waals surface area contributed by atoms with Crippen LogP contribution in [0.3, 0.4) is 0 Å². The molecule has 1 atom stereocenters. The molecule has 0 bridgehead atoms. The first-order valence-corrected chi connectivity index (χ1v) is 7.85. The summed E-state index contributed by atoms with van der Waals surface area (Å²) in [6, 6.07) is 15.7. The third kappa shape index (κ3) is 3.74. The molecule has 1 aromatic heterocycles. The maximum atomic E-state index is 12.4. The van der Waals surface area contributed by atoms with E-state index in [9.17, 15) is 9.59 Å². The molecule has 3 rings (SSSR count). The molecule has 0 aliphatic carbocycles. The average molecular weight is 334 g/mol. The number of benzene rings is 2. The molecule has 25 heavy (non-hydrogen) atoms. The molecule has 1 heterocycles. The van der Waals surface area contributed by atoms with Gasteiger partial charge >= 0.3 is 0 Å². The minimum atomic E-state index is -0.518. The van der Waals surface area contributed by atoms with Gasteiger partial charge in [0, 0.05) is 23.5 Å². The first-order valence-electron chi connectivity index (χ1n) is 7.85. The molecule has 1 unspecified atom stereocenters. The third-order valence-corrected chi connectivity index (χ3v) is 3.92. The summed E-state index contributed by atoms with van der Waals surface area (Å²) in [6.45, 7) is 1.91. The molecule has 2 aromatic carbocycles. The fourth-order valence-electron chi connectivity index (χ4n) is 2.51. The third-order valence-electron chi connectivity index (χ3n) is 3.92. The number of nitrogens with one attached hydrogen (secondary N) is 1. The van der Waals surface area contributed by atoms with Crippen LogP contribution in [-0.2, 0) is 0 Å². The van der Waals surface area contributed by atoms with Crippen LogP contribution in [0.15, 0.2) is 67.0 Å². The van der Waals surface area contributed by atoms with Crippen molar-refractivity contribution in [3.05, 3.63) is 83.7 Å². The van der Waals surface area contributed by atoms with Crippen molar-refractivity contribution in [1.29, 1.82) is 0 Å². The number of aromatic nitrogens is 2. The van der Waals surface area contributed by atoms with Crippen molar-refractivity contribution in [3.8, 4) is 5.69 Å². The highest BCUT2D eigenvalue weighted by molar-refractivity contribution is 5.97. The number of amides is 2. The predicted molar refractivity (Wildman–Crippen MR) is 94.4 cm³/mol. The highest BCUT2D eigenvalue weighted by atomic mass is 16.2. The van der Waals surface area contributed by atoms with Crippen molar-refractivity contribution in [3.63, 3.8) is 0 Å². The van der Waals surface area contributed by atoms with Gasteiger partial charge in [0.05, 0.1) is 11.7 Å². The summed E-state index contributed by atoms with van der Waals surface area (Å²) < 4.78 is 1.76. The number of hydrogen-bond donors (Lipinski definition) is 2. The summed E-state index contributed by atoms with van der Waals surface area (Å²) in [6.07, 6.45) is 3.58. The van der Waals surface area contributed by atoms with Gasteiger partial charge in [-0.3, -0.25) is 9.59 Å². The van der Waals surface area contributed by atoms with E-state index in [2.05, 4.69) is 10.4 Å². The van der Waals surface area contributed by atoms with Crippen LogP contribution in [0.4, 0.5) is 0 Å². The maximum Gasteiger partial charge on any atom is 0.251 e. The van der Waals surface area contributed by atoms with Crippen molar-refractivity contribution in [2.24, 2.45) is 5.73 Å². The Hall–Kier alpha value is -3.41. The lowest BCUT2D eigenvalue weighted by atomic mass is 10.1. The van der Waals surface area contributed by atoms with Gasteiger partial charge in [-0.2, -0.15) is 5.10 Å². The van der Waals surface area contributed by atoms with Gasteiger partial charge < -0.3 is 11.1 Å². The molecule has 0 saturated heterocycles. The molecular formula is C19H18N4O2. The van der Waals surface area contributed by atoms with Gasteiger partial charge in [0.1, 0.15) is 0 Å². The van der Waals surface area contributed by atoms with E-state index in [4.69, 9.17) is 5.73 Å². The zero-order valence-electron chi connectivity index (χ0n) is 13.7. The molecule has 0 aliphatic heterocycles. The Labute approximate surface area is 145 Å². The molecule has 0 spiro atoms. The number of hydrogen-bond acceptors (Lipinski definition) is 3.